The van der Waals surface area contributed by atoms with E-state index in [1.807, 2.05) is 42.5 Å². The van der Waals surface area contributed by atoms with Gasteiger partial charge in [-0.25, -0.2) is 0 Å². The zero-order chi connectivity index (χ0) is 16.8. The second-order valence-corrected chi connectivity index (χ2v) is 6.75. The lowest BCUT2D eigenvalue weighted by atomic mass is 10.2. The van der Waals surface area contributed by atoms with Gasteiger partial charge in [0.15, 0.2) is 11.5 Å². The van der Waals surface area contributed by atoms with Crippen LogP contribution in [0.1, 0.15) is 11.1 Å². The fraction of sp³-hybridized carbons (Fsp3) is 0.278. The summed E-state index contributed by atoms with van der Waals surface area (Å²) in [5.41, 5.74) is 2.11. The third kappa shape index (κ3) is 4.58. The van der Waals surface area contributed by atoms with Crippen LogP contribution in [0.15, 0.2) is 42.5 Å². The van der Waals surface area contributed by atoms with Gasteiger partial charge in [-0.1, -0.05) is 41.9 Å². The topological polar surface area (TPSA) is 47.6 Å². The molecular formula is C18H18ClNO3S. The predicted molar refractivity (Wildman–Crippen MR) is 96.9 cm³/mol. The SMILES string of the molecule is O=C(CSCc1cc(Cl)c2c(c1)OCCO2)NCc1ccccc1. The van der Waals surface area contributed by atoms with Crippen LogP contribution in [0.25, 0.3) is 0 Å². The summed E-state index contributed by atoms with van der Waals surface area (Å²) in [5, 5.41) is 3.47. The maximum absolute atomic E-state index is 11.9. The van der Waals surface area contributed by atoms with Crippen molar-refractivity contribution in [2.45, 2.75) is 12.3 Å². The molecule has 0 saturated carbocycles. The van der Waals surface area contributed by atoms with Gasteiger partial charge in [-0.15, -0.1) is 11.8 Å². The first-order chi connectivity index (χ1) is 11.7. The molecule has 0 spiro atoms. The van der Waals surface area contributed by atoms with Crippen molar-refractivity contribution in [1.29, 1.82) is 0 Å². The van der Waals surface area contributed by atoms with Crippen LogP contribution < -0.4 is 14.8 Å². The Kier molecular flexibility index (Phi) is 5.88. The normalized spacial score (nSPS) is 12.7. The molecule has 0 aromatic heterocycles. The third-order valence-corrected chi connectivity index (χ3v) is 4.78. The zero-order valence-electron chi connectivity index (χ0n) is 13.1. The number of amides is 1. The highest BCUT2D eigenvalue weighted by molar-refractivity contribution is 7.99. The number of ether oxygens (including phenoxy) is 2. The van der Waals surface area contributed by atoms with E-state index in [1.165, 1.54) is 0 Å². The third-order valence-electron chi connectivity index (χ3n) is 3.49. The van der Waals surface area contributed by atoms with Crippen molar-refractivity contribution in [3.05, 3.63) is 58.6 Å². The first kappa shape index (κ1) is 17.0. The summed E-state index contributed by atoms with van der Waals surface area (Å²) in [6.45, 7) is 1.60. The van der Waals surface area contributed by atoms with Crippen molar-refractivity contribution < 1.29 is 14.3 Å². The first-order valence-electron chi connectivity index (χ1n) is 7.69. The van der Waals surface area contributed by atoms with Gasteiger partial charge in [-0.2, -0.15) is 0 Å². The van der Waals surface area contributed by atoms with E-state index in [2.05, 4.69) is 5.32 Å². The van der Waals surface area contributed by atoms with Gasteiger partial charge in [0.2, 0.25) is 5.91 Å². The summed E-state index contributed by atoms with van der Waals surface area (Å²) in [7, 11) is 0. The van der Waals surface area contributed by atoms with E-state index < -0.39 is 0 Å². The van der Waals surface area contributed by atoms with Crippen molar-refractivity contribution in [1.82, 2.24) is 5.32 Å². The van der Waals surface area contributed by atoms with E-state index in [9.17, 15) is 4.79 Å². The van der Waals surface area contributed by atoms with Crippen LogP contribution in [-0.2, 0) is 17.1 Å². The molecule has 1 heterocycles. The molecule has 6 heteroatoms. The average Bonchev–Trinajstić information content (AvgIpc) is 2.61. The van der Waals surface area contributed by atoms with Crippen LogP contribution in [0.5, 0.6) is 11.5 Å². The summed E-state index contributed by atoms with van der Waals surface area (Å²) in [6, 6.07) is 13.7. The van der Waals surface area contributed by atoms with E-state index in [4.69, 9.17) is 21.1 Å². The molecule has 1 aliphatic rings. The summed E-state index contributed by atoms with van der Waals surface area (Å²) in [5.74, 6) is 2.40. The number of thioether (sulfide) groups is 1. The number of hydrogen-bond donors (Lipinski definition) is 1. The van der Waals surface area contributed by atoms with Gasteiger partial charge < -0.3 is 14.8 Å². The predicted octanol–water partition coefficient (Wildman–Crippen LogP) is 3.66. The second-order valence-electron chi connectivity index (χ2n) is 5.36. The molecule has 0 bridgehead atoms. The van der Waals surface area contributed by atoms with E-state index >= 15 is 0 Å². The van der Waals surface area contributed by atoms with E-state index in [0.717, 1.165) is 11.1 Å². The van der Waals surface area contributed by atoms with Gasteiger partial charge >= 0.3 is 0 Å². The summed E-state index contributed by atoms with van der Waals surface area (Å²) < 4.78 is 11.1. The largest absolute Gasteiger partial charge is 0.486 e. The maximum Gasteiger partial charge on any atom is 0.230 e. The highest BCUT2D eigenvalue weighted by Gasteiger charge is 2.16. The highest BCUT2D eigenvalue weighted by Crippen LogP contribution is 2.39. The highest BCUT2D eigenvalue weighted by atomic mass is 35.5. The summed E-state index contributed by atoms with van der Waals surface area (Å²) in [4.78, 5) is 11.9. The smallest absolute Gasteiger partial charge is 0.230 e. The Morgan fingerprint density at radius 2 is 1.92 bits per heavy atom. The quantitative estimate of drug-likeness (QED) is 0.850. The molecular weight excluding hydrogens is 346 g/mol. The minimum absolute atomic E-state index is 0.0208. The van der Waals surface area contributed by atoms with Crippen molar-refractivity contribution in [2.75, 3.05) is 19.0 Å². The molecule has 0 radical (unpaired) electrons. The first-order valence-corrected chi connectivity index (χ1v) is 9.22. The van der Waals surface area contributed by atoms with Gasteiger partial charge in [-0.3, -0.25) is 4.79 Å². The van der Waals surface area contributed by atoms with E-state index in [-0.39, 0.29) is 5.91 Å². The molecule has 126 valence electrons. The van der Waals surface area contributed by atoms with Crippen LogP contribution in [0, 0.1) is 0 Å². The van der Waals surface area contributed by atoms with Crippen molar-refractivity contribution in [3.63, 3.8) is 0 Å². The fourth-order valence-electron chi connectivity index (χ4n) is 2.36. The van der Waals surface area contributed by atoms with Gasteiger partial charge in [0.05, 0.1) is 10.8 Å². The van der Waals surface area contributed by atoms with Gasteiger partial charge in [0.1, 0.15) is 13.2 Å². The van der Waals surface area contributed by atoms with Crippen LogP contribution in [0.4, 0.5) is 0 Å². The second kappa shape index (κ2) is 8.31. The lowest BCUT2D eigenvalue weighted by molar-refractivity contribution is -0.118. The summed E-state index contributed by atoms with van der Waals surface area (Å²) in [6.07, 6.45) is 0. The van der Waals surface area contributed by atoms with Crippen molar-refractivity contribution in [3.8, 4) is 11.5 Å². The Bertz CT molecular complexity index is 709. The Morgan fingerprint density at radius 3 is 2.75 bits per heavy atom. The van der Waals surface area contributed by atoms with Crippen LogP contribution >= 0.6 is 23.4 Å². The molecule has 0 aliphatic carbocycles. The molecule has 4 nitrogen and oxygen atoms in total. The lowest BCUT2D eigenvalue weighted by Crippen LogP contribution is -2.24. The minimum atomic E-state index is 0.0208. The fourth-order valence-corrected chi connectivity index (χ4v) is 3.44. The van der Waals surface area contributed by atoms with Crippen molar-refractivity contribution >= 4 is 29.3 Å². The number of hydrogen-bond acceptors (Lipinski definition) is 4. The standard InChI is InChI=1S/C18H18ClNO3S/c19-15-8-14(9-16-18(15)23-7-6-22-16)11-24-12-17(21)20-10-13-4-2-1-3-5-13/h1-5,8-9H,6-7,10-12H2,(H,20,21). The molecule has 0 atom stereocenters. The van der Waals surface area contributed by atoms with Gasteiger partial charge in [-0.05, 0) is 23.3 Å². The van der Waals surface area contributed by atoms with Crippen LogP contribution in [0.3, 0.4) is 0 Å². The Morgan fingerprint density at radius 1 is 1.12 bits per heavy atom. The van der Waals surface area contributed by atoms with Gasteiger partial charge in [0, 0.05) is 12.3 Å². The number of benzene rings is 2. The molecule has 2 aromatic carbocycles. The number of carbonyl (C=O) groups is 1. The van der Waals surface area contributed by atoms with Crippen LogP contribution in [0.2, 0.25) is 5.02 Å². The molecule has 24 heavy (non-hydrogen) atoms. The number of halogens is 1. The Hall–Kier alpha value is -1.85. The molecule has 3 rings (SSSR count). The number of fused-ring (bicyclic) bond motifs is 1. The molecule has 0 unspecified atom stereocenters. The Balaban J connectivity index is 1.46. The minimum Gasteiger partial charge on any atom is -0.486 e. The number of nitrogens with one attached hydrogen (secondary N) is 1. The number of rotatable bonds is 6. The van der Waals surface area contributed by atoms with Gasteiger partial charge in [0.25, 0.3) is 0 Å². The average molecular weight is 364 g/mol. The lowest BCUT2D eigenvalue weighted by Gasteiger charge is -2.20. The van der Waals surface area contributed by atoms with E-state index in [1.54, 1.807) is 11.8 Å². The summed E-state index contributed by atoms with van der Waals surface area (Å²) >= 11 is 7.75. The monoisotopic (exact) mass is 363 g/mol. The molecule has 0 fully saturated rings. The molecule has 0 saturated heterocycles. The molecule has 1 amide bonds. The molecule has 2 aromatic rings. The molecule has 1 aliphatic heterocycles. The maximum atomic E-state index is 11.9. The molecule has 1 N–H and O–H groups in total. The number of carbonyl (C=O) groups excluding carboxylic acids is 1. The van der Waals surface area contributed by atoms with Crippen molar-refractivity contribution in [2.24, 2.45) is 0 Å². The van der Waals surface area contributed by atoms with E-state index in [0.29, 0.717) is 47.8 Å². The Labute approximate surface area is 150 Å². The van der Waals surface area contributed by atoms with Crippen LogP contribution in [-0.4, -0.2) is 24.9 Å². The zero-order valence-corrected chi connectivity index (χ0v) is 14.7.